The minimum absolute atomic E-state index is 0.00814. The summed E-state index contributed by atoms with van der Waals surface area (Å²) < 4.78 is 0. The minimum Gasteiger partial charge on any atom is -0.354 e. The van der Waals surface area contributed by atoms with Gasteiger partial charge in [0.15, 0.2) is 0 Å². The van der Waals surface area contributed by atoms with E-state index in [1.807, 2.05) is 31.2 Å². The molecule has 27 heavy (non-hydrogen) atoms. The number of nitrogens with one attached hydrogen (secondary N) is 2. The normalized spacial score (nSPS) is 17.2. The van der Waals surface area contributed by atoms with E-state index >= 15 is 0 Å². The molecule has 2 aromatic rings. The van der Waals surface area contributed by atoms with Crippen LogP contribution in [0.15, 0.2) is 53.4 Å². The molecule has 0 spiro atoms. The lowest BCUT2D eigenvalue weighted by molar-refractivity contribution is -0.120. The van der Waals surface area contributed by atoms with Gasteiger partial charge in [0.2, 0.25) is 5.91 Å². The van der Waals surface area contributed by atoms with E-state index in [4.69, 9.17) is 0 Å². The lowest BCUT2D eigenvalue weighted by Gasteiger charge is -2.27. The molecule has 2 aromatic carbocycles. The number of anilines is 1. The Hall–Kier alpha value is -2.47. The molecule has 1 heterocycles. The highest BCUT2D eigenvalue weighted by Crippen LogP contribution is 2.30. The van der Waals surface area contributed by atoms with Gasteiger partial charge in [-0.1, -0.05) is 42.0 Å². The van der Waals surface area contributed by atoms with Gasteiger partial charge in [0, 0.05) is 36.2 Å². The number of hydrogen-bond donors (Lipinski definition) is 2. The molecule has 1 saturated heterocycles. The van der Waals surface area contributed by atoms with Gasteiger partial charge in [-0.05, 0) is 31.5 Å². The Balaban J connectivity index is 1.67. The van der Waals surface area contributed by atoms with E-state index in [0.29, 0.717) is 19.5 Å². The van der Waals surface area contributed by atoms with Crippen LogP contribution in [-0.4, -0.2) is 36.0 Å². The van der Waals surface area contributed by atoms with Crippen molar-refractivity contribution >= 4 is 29.4 Å². The highest BCUT2D eigenvalue weighted by Gasteiger charge is 2.24. The van der Waals surface area contributed by atoms with Crippen LogP contribution in [-0.2, 0) is 10.5 Å². The number of nitrogens with zero attached hydrogens (tertiary/aromatic N) is 1. The maximum atomic E-state index is 12.8. The Kier molecular flexibility index (Phi) is 6.40. The number of carbonyl (C=O) groups excluding carboxylic acids is 2. The zero-order valence-electron chi connectivity index (χ0n) is 15.7. The third kappa shape index (κ3) is 5.26. The predicted octanol–water partition coefficient (Wildman–Crippen LogP) is 4.03. The van der Waals surface area contributed by atoms with Crippen LogP contribution in [0, 0.1) is 6.92 Å². The molecule has 1 aliphatic rings. The van der Waals surface area contributed by atoms with Crippen LogP contribution in [0.2, 0.25) is 0 Å². The number of para-hydroxylation sites is 1. The summed E-state index contributed by atoms with van der Waals surface area (Å²) in [7, 11) is 0. The third-order valence-corrected chi connectivity index (χ3v) is 5.76. The van der Waals surface area contributed by atoms with Gasteiger partial charge in [-0.3, -0.25) is 4.79 Å². The first-order valence-electron chi connectivity index (χ1n) is 9.14. The summed E-state index contributed by atoms with van der Waals surface area (Å²) in [5.74, 6) is 0.831. The van der Waals surface area contributed by atoms with Crippen molar-refractivity contribution in [2.75, 3.05) is 18.4 Å². The van der Waals surface area contributed by atoms with Crippen LogP contribution in [0.4, 0.5) is 10.5 Å². The number of urea groups is 1. The Morgan fingerprint density at radius 2 is 1.96 bits per heavy atom. The Morgan fingerprint density at radius 3 is 2.74 bits per heavy atom. The van der Waals surface area contributed by atoms with Gasteiger partial charge in [0.1, 0.15) is 0 Å². The van der Waals surface area contributed by atoms with Crippen LogP contribution in [0.1, 0.15) is 24.5 Å². The highest BCUT2D eigenvalue weighted by molar-refractivity contribution is 7.98. The number of thioether (sulfide) groups is 1. The Labute approximate surface area is 164 Å². The highest BCUT2D eigenvalue weighted by atomic mass is 32.2. The molecule has 2 N–H and O–H groups in total. The van der Waals surface area contributed by atoms with Gasteiger partial charge in [0.05, 0.1) is 5.69 Å². The van der Waals surface area contributed by atoms with Crippen molar-refractivity contribution in [1.29, 1.82) is 0 Å². The molecule has 3 rings (SSSR count). The SMILES string of the molecule is Cc1ccc(CSc2ccccc2NC(=O)N2CCC(=O)NC[C@H]2C)cc1. The van der Waals surface area contributed by atoms with E-state index in [2.05, 4.69) is 41.8 Å². The number of rotatable bonds is 4. The average molecular weight is 384 g/mol. The molecule has 3 amide bonds. The molecule has 1 atom stereocenters. The molecule has 1 aliphatic heterocycles. The molecule has 0 unspecified atom stereocenters. The summed E-state index contributed by atoms with van der Waals surface area (Å²) in [5, 5.41) is 5.86. The molecule has 0 aromatic heterocycles. The summed E-state index contributed by atoms with van der Waals surface area (Å²) in [6.45, 7) is 4.94. The monoisotopic (exact) mass is 383 g/mol. The van der Waals surface area contributed by atoms with Crippen LogP contribution in [0.3, 0.4) is 0 Å². The van der Waals surface area contributed by atoms with Crippen LogP contribution < -0.4 is 10.6 Å². The zero-order chi connectivity index (χ0) is 19.2. The molecule has 6 heteroatoms. The van der Waals surface area contributed by atoms with Gasteiger partial charge >= 0.3 is 6.03 Å². The third-order valence-electron chi connectivity index (χ3n) is 4.61. The molecular weight excluding hydrogens is 358 g/mol. The molecule has 0 radical (unpaired) electrons. The van der Waals surface area contributed by atoms with Crippen LogP contribution in [0.5, 0.6) is 0 Å². The summed E-state index contributed by atoms with van der Waals surface area (Å²) in [6, 6.07) is 16.1. The van der Waals surface area contributed by atoms with Crippen molar-refractivity contribution in [1.82, 2.24) is 10.2 Å². The fourth-order valence-corrected chi connectivity index (χ4v) is 3.90. The number of amides is 3. The first-order chi connectivity index (χ1) is 13.0. The smallest absolute Gasteiger partial charge is 0.322 e. The minimum atomic E-state index is -0.164. The fraction of sp³-hybridized carbons (Fsp3) is 0.333. The Morgan fingerprint density at radius 1 is 1.22 bits per heavy atom. The first kappa shape index (κ1) is 19.3. The molecule has 0 bridgehead atoms. The van der Waals surface area contributed by atoms with E-state index in [9.17, 15) is 9.59 Å². The molecule has 142 valence electrons. The van der Waals surface area contributed by atoms with Gasteiger partial charge in [0.25, 0.3) is 0 Å². The second-order valence-corrected chi connectivity index (χ2v) is 7.81. The second kappa shape index (κ2) is 8.95. The summed E-state index contributed by atoms with van der Waals surface area (Å²) in [6.07, 6.45) is 0.335. The van der Waals surface area contributed by atoms with Crippen molar-refractivity contribution in [2.45, 2.75) is 37.0 Å². The predicted molar refractivity (Wildman–Crippen MR) is 110 cm³/mol. The van der Waals surface area contributed by atoms with E-state index < -0.39 is 0 Å². The first-order valence-corrected chi connectivity index (χ1v) is 10.1. The van der Waals surface area contributed by atoms with Crippen LogP contribution >= 0.6 is 11.8 Å². The summed E-state index contributed by atoms with van der Waals surface area (Å²) >= 11 is 1.70. The molecular formula is C21H25N3O2S. The van der Waals surface area contributed by atoms with E-state index in [0.717, 1.165) is 16.3 Å². The Bertz CT molecular complexity index is 807. The summed E-state index contributed by atoms with van der Waals surface area (Å²) in [5.41, 5.74) is 3.30. The number of aryl methyl sites for hydroxylation is 1. The van der Waals surface area contributed by atoms with Crippen molar-refractivity contribution in [3.63, 3.8) is 0 Å². The van der Waals surface area contributed by atoms with Crippen LogP contribution in [0.25, 0.3) is 0 Å². The van der Waals surface area contributed by atoms with Crippen molar-refractivity contribution < 1.29 is 9.59 Å². The van der Waals surface area contributed by atoms with Crippen molar-refractivity contribution in [3.8, 4) is 0 Å². The standard InChI is InChI=1S/C21H25N3O2S/c1-15-7-9-17(10-8-15)14-27-19-6-4-3-5-18(19)23-21(26)24-12-11-20(25)22-13-16(24)2/h3-10,16H,11-14H2,1-2H3,(H,22,25)(H,23,26)/t16-/m1/s1. The number of benzene rings is 2. The fourth-order valence-electron chi connectivity index (χ4n) is 2.93. The van der Waals surface area contributed by atoms with E-state index in [-0.39, 0.29) is 18.0 Å². The number of hydrogen-bond acceptors (Lipinski definition) is 3. The van der Waals surface area contributed by atoms with Crippen molar-refractivity contribution in [3.05, 3.63) is 59.7 Å². The van der Waals surface area contributed by atoms with Gasteiger partial charge in [-0.25, -0.2) is 4.79 Å². The van der Waals surface area contributed by atoms with Crippen molar-refractivity contribution in [2.24, 2.45) is 0 Å². The lowest BCUT2D eigenvalue weighted by Crippen LogP contribution is -2.44. The van der Waals surface area contributed by atoms with Gasteiger partial charge in [-0.15, -0.1) is 11.8 Å². The molecule has 5 nitrogen and oxygen atoms in total. The molecule has 1 fully saturated rings. The topological polar surface area (TPSA) is 61.4 Å². The van der Waals surface area contributed by atoms with Gasteiger partial charge < -0.3 is 15.5 Å². The zero-order valence-corrected chi connectivity index (χ0v) is 16.5. The van der Waals surface area contributed by atoms with Gasteiger partial charge in [-0.2, -0.15) is 0 Å². The maximum Gasteiger partial charge on any atom is 0.322 e. The maximum absolute atomic E-state index is 12.8. The van der Waals surface area contributed by atoms with E-state index in [1.54, 1.807) is 16.7 Å². The average Bonchev–Trinajstić information content (AvgIpc) is 2.83. The largest absolute Gasteiger partial charge is 0.354 e. The lowest BCUT2D eigenvalue weighted by atomic mass is 10.2. The molecule has 0 aliphatic carbocycles. The van der Waals surface area contributed by atoms with E-state index in [1.165, 1.54) is 11.1 Å². The summed E-state index contributed by atoms with van der Waals surface area (Å²) in [4.78, 5) is 27.1. The number of carbonyl (C=O) groups is 2. The quantitative estimate of drug-likeness (QED) is 0.784. The second-order valence-electron chi connectivity index (χ2n) is 6.80. The molecule has 0 saturated carbocycles.